The minimum atomic E-state index is -3.80. The van der Waals surface area contributed by atoms with E-state index in [0.29, 0.717) is 4.48 Å². The van der Waals surface area contributed by atoms with Crippen molar-refractivity contribution in [1.82, 2.24) is 0 Å². The van der Waals surface area contributed by atoms with E-state index in [1.807, 2.05) is 0 Å². The van der Waals surface area contributed by atoms with E-state index in [9.17, 15) is 13.2 Å². The molecule has 16 heavy (non-hydrogen) atoms. The maximum Gasteiger partial charge on any atom is 0.304 e. The zero-order valence-electron chi connectivity index (χ0n) is 10.1. The smallest absolute Gasteiger partial charge is 0.304 e. The molecule has 0 saturated heterocycles. The summed E-state index contributed by atoms with van der Waals surface area (Å²) in [4.78, 5) is 10.6. The molecule has 96 valence electrons. The van der Waals surface area contributed by atoms with E-state index < -0.39 is 27.8 Å². The van der Waals surface area contributed by atoms with Gasteiger partial charge in [-0.1, -0.05) is 0 Å². The van der Waals surface area contributed by atoms with Crippen LogP contribution in [0, 0.1) is 0 Å². The molecule has 1 atom stereocenters. The molecule has 0 aromatic carbocycles. The van der Waals surface area contributed by atoms with Gasteiger partial charge in [0, 0.05) is 0 Å². The maximum absolute atomic E-state index is 11.6. The number of hydrogen-bond acceptors (Lipinski definition) is 4. The lowest BCUT2D eigenvalue weighted by Gasteiger charge is -2.27. The molecule has 0 aliphatic heterocycles. The van der Waals surface area contributed by atoms with E-state index >= 15 is 0 Å². The molecule has 7 heteroatoms. The van der Waals surface area contributed by atoms with Crippen LogP contribution in [0.5, 0.6) is 0 Å². The van der Waals surface area contributed by atoms with E-state index in [2.05, 4.69) is 4.18 Å². The van der Waals surface area contributed by atoms with Crippen molar-refractivity contribution in [3.8, 4) is 0 Å². The van der Waals surface area contributed by atoms with E-state index in [1.54, 1.807) is 28.1 Å². The van der Waals surface area contributed by atoms with E-state index in [0.717, 1.165) is 0 Å². The van der Waals surface area contributed by atoms with Crippen LogP contribution in [0.3, 0.4) is 0 Å². The van der Waals surface area contributed by atoms with Gasteiger partial charge in [0.25, 0.3) is 10.1 Å². The van der Waals surface area contributed by atoms with Gasteiger partial charge in [0.15, 0.2) is 0 Å². The van der Waals surface area contributed by atoms with Gasteiger partial charge < -0.3 is 9.59 Å². The summed E-state index contributed by atoms with van der Waals surface area (Å²) in [7, 11) is 1.61. The molecule has 0 radical (unpaired) electrons. The minimum absolute atomic E-state index is 0.0234. The number of carbonyl (C=O) groups is 1. The maximum atomic E-state index is 11.6. The highest BCUT2D eigenvalue weighted by molar-refractivity contribution is 7.87. The standard InChI is InChI=1S/C9H19NO5S/c1-5-15-16(13,14)8(6-9(11)12)7-10(2,3)4/h8H,5-7H2,1-4H3/p+1. The van der Waals surface area contributed by atoms with Gasteiger partial charge >= 0.3 is 5.97 Å². The Morgan fingerprint density at radius 3 is 2.19 bits per heavy atom. The van der Waals surface area contributed by atoms with E-state index in [-0.39, 0.29) is 13.2 Å². The first-order valence-electron chi connectivity index (χ1n) is 4.99. The summed E-state index contributed by atoms with van der Waals surface area (Å²) in [6, 6.07) is 0. The van der Waals surface area contributed by atoms with Gasteiger partial charge in [0.05, 0.1) is 40.7 Å². The topological polar surface area (TPSA) is 80.7 Å². The Morgan fingerprint density at radius 1 is 1.38 bits per heavy atom. The molecule has 0 aliphatic rings. The third-order valence-corrected chi connectivity index (χ3v) is 3.54. The predicted octanol–water partition coefficient (Wildman–Crippen LogP) is -0.0978. The fraction of sp³-hybridized carbons (Fsp3) is 0.889. The second-order valence-corrected chi connectivity index (χ2v) is 6.48. The highest BCUT2D eigenvalue weighted by atomic mass is 32.2. The van der Waals surface area contributed by atoms with Crippen molar-refractivity contribution >= 4 is 16.1 Å². The molecule has 1 unspecified atom stereocenters. The van der Waals surface area contributed by atoms with Crippen molar-refractivity contribution < 1.29 is 27.0 Å². The van der Waals surface area contributed by atoms with Gasteiger partial charge in [0.1, 0.15) is 5.25 Å². The first-order chi connectivity index (χ1) is 7.08. The van der Waals surface area contributed by atoms with E-state index in [1.165, 1.54) is 0 Å². The molecule has 0 fully saturated rings. The molecule has 0 bridgehead atoms. The second kappa shape index (κ2) is 5.60. The van der Waals surface area contributed by atoms with Crippen LogP contribution in [0.25, 0.3) is 0 Å². The number of rotatable bonds is 7. The van der Waals surface area contributed by atoms with Crippen molar-refractivity contribution in [2.75, 3.05) is 34.3 Å². The summed E-state index contributed by atoms with van der Waals surface area (Å²) < 4.78 is 28.3. The third kappa shape index (κ3) is 6.04. The number of carboxylic acid groups (broad SMARTS) is 1. The van der Waals surface area contributed by atoms with Crippen LogP contribution in [0.4, 0.5) is 0 Å². The normalized spacial score (nSPS) is 14.8. The molecule has 0 rings (SSSR count). The number of nitrogens with zero attached hydrogens (tertiary/aromatic N) is 1. The summed E-state index contributed by atoms with van der Waals surface area (Å²) in [6.07, 6.45) is -0.433. The number of hydrogen-bond donors (Lipinski definition) is 1. The quantitative estimate of drug-likeness (QED) is 0.507. The number of quaternary nitrogens is 1. The van der Waals surface area contributed by atoms with Crippen LogP contribution in [0.2, 0.25) is 0 Å². The number of aliphatic carboxylic acids is 1. The molecule has 1 N–H and O–H groups in total. The first-order valence-corrected chi connectivity index (χ1v) is 6.46. The predicted molar refractivity (Wildman–Crippen MR) is 59.5 cm³/mol. The van der Waals surface area contributed by atoms with Gasteiger partial charge in [-0.2, -0.15) is 8.42 Å². The minimum Gasteiger partial charge on any atom is -0.481 e. The van der Waals surface area contributed by atoms with Crippen molar-refractivity contribution in [3.05, 3.63) is 0 Å². The zero-order valence-corrected chi connectivity index (χ0v) is 11.0. The van der Waals surface area contributed by atoms with Gasteiger partial charge in [-0.05, 0) is 6.92 Å². The summed E-state index contributed by atoms with van der Waals surface area (Å²) in [5.41, 5.74) is 0. The average molecular weight is 254 g/mol. The summed E-state index contributed by atoms with van der Waals surface area (Å²) in [6.45, 7) is 1.78. The molecule has 0 saturated carbocycles. The van der Waals surface area contributed by atoms with Crippen molar-refractivity contribution in [1.29, 1.82) is 0 Å². The molecular weight excluding hydrogens is 234 g/mol. The average Bonchev–Trinajstić information content (AvgIpc) is 1.98. The zero-order chi connectivity index (χ0) is 13.0. The molecule has 0 heterocycles. The fourth-order valence-electron chi connectivity index (χ4n) is 1.32. The molecule has 0 amide bonds. The Bertz CT molecular complexity index is 330. The van der Waals surface area contributed by atoms with Crippen molar-refractivity contribution in [2.45, 2.75) is 18.6 Å². The third-order valence-electron chi connectivity index (χ3n) is 1.84. The molecule has 0 aromatic rings. The highest BCUT2D eigenvalue weighted by Crippen LogP contribution is 2.12. The Balaban J connectivity index is 4.87. The summed E-state index contributed by atoms with van der Waals surface area (Å²) >= 11 is 0. The number of carboxylic acids is 1. The van der Waals surface area contributed by atoms with Crippen LogP contribution < -0.4 is 0 Å². The van der Waals surface area contributed by atoms with Gasteiger partial charge in [0.2, 0.25) is 0 Å². The Hall–Kier alpha value is -0.660. The summed E-state index contributed by atoms with van der Waals surface area (Å²) in [5.74, 6) is -1.14. The van der Waals surface area contributed by atoms with Crippen LogP contribution in [-0.4, -0.2) is 63.5 Å². The molecule has 0 aromatic heterocycles. The Labute approximate surface area is 96.5 Å². The molecule has 0 aliphatic carbocycles. The van der Waals surface area contributed by atoms with Gasteiger partial charge in [-0.25, -0.2) is 0 Å². The summed E-state index contributed by atoms with van der Waals surface area (Å²) in [5, 5.41) is 7.68. The van der Waals surface area contributed by atoms with Crippen LogP contribution in [0.15, 0.2) is 0 Å². The lowest BCUT2D eigenvalue weighted by atomic mass is 10.3. The van der Waals surface area contributed by atoms with Crippen LogP contribution >= 0.6 is 0 Å². The van der Waals surface area contributed by atoms with Gasteiger partial charge in [-0.3, -0.25) is 8.98 Å². The second-order valence-electron chi connectivity index (χ2n) is 4.59. The highest BCUT2D eigenvalue weighted by Gasteiger charge is 2.33. The Kier molecular flexibility index (Phi) is 5.37. The largest absolute Gasteiger partial charge is 0.481 e. The fourth-order valence-corrected chi connectivity index (χ4v) is 2.82. The van der Waals surface area contributed by atoms with Crippen molar-refractivity contribution in [2.24, 2.45) is 0 Å². The first kappa shape index (κ1) is 15.3. The monoisotopic (exact) mass is 254 g/mol. The van der Waals surface area contributed by atoms with Crippen LogP contribution in [0.1, 0.15) is 13.3 Å². The van der Waals surface area contributed by atoms with Crippen LogP contribution in [-0.2, 0) is 19.1 Å². The lowest BCUT2D eigenvalue weighted by molar-refractivity contribution is -0.869. The van der Waals surface area contributed by atoms with E-state index in [4.69, 9.17) is 5.11 Å². The molecular formula is C9H20NO5S+. The molecule has 0 spiro atoms. The van der Waals surface area contributed by atoms with Crippen molar-refractivity contribution in [3.63, 3.8) is 0 Å². The Morgan fingerprint density at radius 2 is 1.88 bits per heavy atom. The lowest BCUT2D eigenvalue weighted by Crippen LogP contribution is -2.45. The SMILES string of the molecule is CCOS(=O)(=O)C(CC(=O)O)C[N+](C)(C)C. The molecule has 6 nitrogen and oxygen atoms in total. The van der Waals surface area contributed by atoms with Gasteiger partial charge in [-0.15, -0.1) is 0 Å².